The molecule has 6 N–H and O–H groups in total. The van der Waals surface area contributed by atoms with E-state index in [0.29, 0.717) is 18.9 Å². The largest absolute Gasteiger partial charge is 0.368 e. The molecule has 4 unspecified atom stereocenters. The number of imidazole rings is 1. The summed E-state index contributed by atoms with van der Waals surface area (Å²) in [5.74, 6) is -0.209. The molecule has 316 valence electrons. The monoisotopic (exact) mass is 833 g/mol. The number of thiazole rings is 1. The number of allylic oxidation sites excluding steroid dienone is 2. The van der Waals surface area contributed by atoms with Crippen molar-refractivity contribution in [1.82, 2.24) is 24.2 Å². The number of rotatable bonds is 14. The number of likely N-dealkylation sites (tertiary alicyclic amines) is 1. The molecule has 3 fully saturated rings. The first-order valence-corrected chi connectivity index (χ1v) is 22.8. The smallest absolute Gasteiger partial charge is 0.326 e. The lowest BCUT2D eigenvalue weighted by Gasteiger charge is -2.20. The zero-order valence-corrected chi connectivity index (χ0v) is 36.6. The average molecular weight is 834 g/mol. The number of primary amides is 1. The maximum Gasteiger partial charge on any atom is 0.326 e. The second kappa shape index (κ2) is 22.1. The number of para-hydroxylation sites is 1. The van der Waals surface area contributed by atoms with Crippen LogP contribution in [0.1, 0.15) is 117 Å². The molecular formula is C44H63N7O5S2. The van der Waals surface area contributed by atoms with E-state index in [0.717, 1.165) is 65.8 Å². The van der Waals surface area contributed by atoms with Gasteiger partial charge < -0.3 is 21.4 Å². The number of nitrogens with two attached hydrogens (primary N) is 2. The maximum atomic E-state index is 12.3. The molecule has 7 rings (SSSR count). The number of hydrogen-bond donors (Lipinski definition) is 4. The van der Waals surface area contributed by atoms with Gasteiger partial charge in [0.15, 0.2) is 0 Å². The molecule has 0 bridgehead atoms. The molecule has 1 saturated heterocycles. The summed E-state index contributed by atoms with van der Waals surface area (Å²) < 4.78 is 16.2. The number of unbranched alkanes of at least 4 members (excludes halogenated alkanes) is 3. The molecule has 3 aliphatic rings. The summed E-state index contributed by atoms with van der Waals surface area (Å²) in [6.07, 6.45) is 14.4. The van der Waals surface area contributed by atoms with Gasteiger partial charge in [-0.1, -0.05) is 82.2 Å². The summed E-state index contributed by atoms with van der Waals surface area (Å²) in [6, 6.07) is 16.0. The molecule has 3 amide bonds. The number of amides is 3. The fourth-order valence-corrected chi connectivity index (χ4v) is 8.70. The van der Waals surface area contributed by atoms with Crippen LogP contribution in [-0.2, 0) is 31.8 Å². The molecule has 2 aromatic carbocycles. The van der Waals surface area contributed by atoms with Gasteiger partial charge in [-0.05, 0) is 89.3 Å². The predicted octanol–water partition coefficient (Wildman–Crippen LogP) is 7.16. The molecule has 2 aromatic heterocycles. The average Bonchev–Trinajstić information content (AvgIpc) is 3.96. The van der Waals surface area contributed by atoms with Crippen molar-refractivity contribution < 1.29 is 18.6 Å². The third-order valence-corrected chi connectivity index (χ3v) is 13.1. The number of carbonyl (C=O) groups is 3. The van der Waals surface area contributed by atoms with Crippen molar-refractivity contribution in [2.45, 2.75) is 123 Å². The molecule has 14 heteroatoms. The van der Waals surface area contributed by atoms with Crippen LogP contribution < -0.4 is 21.9 Å². The van der Waals surface area contributed by atoms with Crippen LogP contribution in [0, 0.1) is 11.8 Å². The number of aromatic nitrogens is 3. The quantitative estimate of drug-likeness (QED) is 0.0767. The Balaban J connectivity index is 0.000000200. The van der Waals surface area contributed by atoms with Gasteiger partial charge in [-0.2, -0.15) is 0 Å². The van der Waals surface area contributed by atoms with Crippen molar-refractivity contribution in [1.29, 1.82) is 0 Å². The van der Waals surface area contributed by atoms with Gasteiger partial charge in [-0.15, -0.1) is 11.3 Å². The van der Waals surface area contributed by atoms with Crippen LogP contribution in [0.4, 0.5) is 0 Å². The molecule has 0 radical (unpaired) electrons. The minimum Gasteiger partial charge on any atom is -0.368 e. The number of nitrogens with zero attached hydrogens (tertiary/aromatic N) is 3. The predicted molar refractivity (Wildman–Crippen MR) is 236 cm³/mol. The van der Waals surface area contributed by atoms with E-state index in [1.165, 1.54) is 29.7 Å². The number of benzene rings is 2. The number of fused-ring (bicyclic) bond motifs is 1. The summed E-state index contributed by atoms with van der Waals surface area (Å²) in [4.78, 5) is 55.4. The number of carbonyl (C=O) groups excluding carboxylic acids is 3. The highest BCUT2D eigenvalue weighted by Crippen LogP contribution is 2.43. The number of H-pyrrole nitrogens is 1. The number of hydrogen-bond acceptors (Lipinski definition) is 8. The summed E-state index contributed by atoms with van der Waals surface area (Å²) in [6.45, 7) is 12.8. The van der Waals surface area contributed by atoms with Crippen LogP contribution in [0.25, 0.3) is 21.6 Å². The van der Waals surface area contributed by atoms with E-state index in [1.54, 1.807) is 15.9 Å². The summed E-state index contributed by atoms with van der Waals surface area (Å²) >= 11 is 1.62. The Bertz CT molecular complexity index is 2070. The SMILES string of the molecule is CC.CC(C)n1c(=O)[nH]c2c(-c3nc(Cc4ccccc4)cs3)cccc21.CCCCC/C=C\C1CC1C(=O)NS(=O)C1(C)CC1.NCC(=O)N1CCCC1C(N)=O. The second-order valence-electron chi connectivity index (χ2n) is 15.4. The van der Waals surface area contributed by atoms with Crippen LogP contribution in [0.15, 0.2) is 70.9 Å². The van der Waals surface area contributed by atoms with Gasteiger partial charge in [0, 0.05) is 35.9 Å². The normalized spacial score (nSPS) is 19.3. The van der Waals surface area contributed by atoms with Gasteiger partial charge in [-0.25, -0.2) is 14.0 Å². The third kappa shape index (κ3) is 12.6. The van der Waals surface area contributed by atoms with Gasteiger partial charge in [0.25, 0.3) is 0 Å². The van der Waals surface area contributed by atoms with Gasteiger partial charge in [0.2, 0.25) is 17.7 Å². The first-order chi connectivity index (χ1) is 27.9. The molecule has 2 saturated carbocycles. The van der Waals surface area contributed by atoms with Crippen molar-refractivity contribution >= 4 is 51.1 Å². The van der Waals surface area contributed by atoms with E-state index >= 15 is 0 Å². The highest BCUT2D eigenvalue weighted by molar-refractivity contribution is 7.85. The van der Waals surface area contributed by atoms with Crippen LogP contribution in [0.3, 0.4) is 0 Å². The van der Waals surface area contributed by atoms with E-state index in [-0.39, 0.29) is 40.8 Å². The van der Waals surface area contributed by atoms with Gasteiger partial charge in [0.05, 0.1) is 28.0 Å². The minimum atomic E-state index is -1.19. The molecule has 4 atom stereocenters. The highest BCUT2D eigenvalue weighted by atomic mass is 32.2. The lowest BCUT2D eigenvalue weighted by molar-refractivity contribution is -0.136. The first kappa shape index (κ1) is 46.3. The summed E-state index contributed by atoms with van der Waals surface area (Å²) in [5, 5.41) is 3.03. The molecule has 4 aromatic rings. The standard InChI is InChI=1S/C20H19N3OS.C15H25NO2S.C7H13N3O2.C2H6/c1-13(2)23-17-10-6-9-16(18(17)22-20(23)24)19-21-15(12-25-19)11-14-7-4-3-5-8-14;1-3-4-5-6-7-8-12-11-13(12)14(17)16-19(18)15(2)9-10-15;8-4-6(11)10-3-1-2-5(10)7(9)12;1-2/h3-10,12-13H,11H2,1-2H3,(H,22,24);7-8,12-13H,3-6,9-11H2,1-2H3,(H,16,17);5H,1-4,8H2,(H2,9,12);1-2H3/b;8-7-;;. The minimum absolute atomic E-state index is 0.0188. The zero-order chi connectivity index (χ0) is 42.4. The van der Waals surface area contributed by atoms with Crippen molar-refractivity contribution in [3.63, 3.8) is 0 Å². The van der Waals surface area contributed by atoms with Crippen molar-refractivity contribution in [3.05, 3.63) is 87.8 Å². The van der Waals surface area contributed by atoms with Gasteiger partial charge in [-0.3, -0.25) is 23.7 Å². The van der Waals surface area contributed by atoms with Crippen LogP contribution in [0.5, 0.6) is 0 Å². The molecule has 1 aliphatic heterocycles. The molecule has 12 nitrogen and oxygen atoms in total. The van der Waals surface area contributed by atoms with Crippen LogP contribution >= 0.6 is 11.3 Å². The van der Waals surface area contributed by atoms with Gasteiger partial charge >= 0.3 is 5.69 Å². The van der Waals surface area contributed by atoms with Crippen LogP contribution in [0.2, 0.25) is 0 Å². The third-order valence-electron chi connectivity index (χ3n) is 10.5. The Hall–Kier alpha value is -4.40. The van der Waals surface area contributed by atoms with Crippen molar-refractivity contribution in [2.75, 3.05) is 13.1 Å². The lowest BCUT2D eigenvalue weighted by Crippen LogP contribution is -2.45. The van der Waals surface area contributed by atoms with E-state index < -0.39 is 22.9 Å². The van der Waals surface area contributed by atoms with E-state index in [4.69, 9.17) is 16.5 Å². The Morgan fingerprint density at radius 1 is 1.10 bits per heavy atom. The Morgan fingerprint density at radius 3 is 2.47 bits per heavy atom. The summed E-state index contributed by atoms with van der Waals surface area (Å²) in [7, 11) is -1.19. The van der Waals surface area contributed by atoms with Crippen molar-refractivity contribution in [2.24, 2.45) is 23.3 Å². The second-order valence-corrected chi connectivity index (χ2v) is 18.0. The topological polar surface area (TPSA) is 186 Å². The first-order valence-electron chi connectivity index (χ1n) is 20.8. The molecular weight excluding hydrogens is 771 g/mol. The van der Waals surface area contributed by atoms with Crippen molar-refractivity contribution in [3.8, 4) is 10.6 Å². The van der Waals surface area contributed by atoms with E-state index in [9.17, 15) is 23.4 Å². The number of aromatic amines is 1. The molecule has 3 heterocycles. The van der Waals surface area contributed by atoms with Crippen LogP contribution in [-0.4, -0.2) is 65.2 Å². The molecule has 2 aliphatic carbocycles. The highest BCUT2D eigenvalue weighted by Gasteiger charge is 2.47. The Labute approximate surface area is 349 Å². The molecule has 58 heavy (non-hydrogen) atoms. The van der Waals surface area contributed by atoms with E-state index in [1.807, 2.05) is 71.0 Å². The summed E-state index contributed by atoms with van der Waals surface area (Å²) in [5.41, 5.74) is 15.3. The maximum absolute atomic E-state index is 12.3. The van der Waals surface area contributed by atoms with Gasteiger partial charge in [0.1, 0.15) is 22.0 Å². The van der Waals surface area contributed by atoms with E-state index in [2.05, 4.69) is 46.3 Å². The number of nitrogens with one attached hydrogen (secondary N) is 2. The Kier molecular flexibility index (Phi) is 17.6. The lowest BCUT2D eigenvalue weighted by atomic mass is 10.1. The fourth-order valence-electron chi connectivity index (χ4n) is 6.80. The zero-order valence-electron chi connectivity index (χ0n) is 35.0. The molecule has 0 spiro atoms. The Morgan fingerprint density at radius 2 is 1.83 bits per heavy atom. The fraction of sp³-hybridized carbons (Fsp3) is 0.523.